The SMILES string of the molecule is CCS(=O)(=O)CCNC(=O)c1ccccc1-c1ncn[nH]1. The van der Waals surface area contributed by atoms with Gasteiger partial charge in [0, 0.05) is 17.9 Å². The third-order valence-electron chi connectivity index (χ3n) is 2.98. The summed E-state index contributed by atoms with van der Waals surface area (Å²) < 4.78 is 22.8. The number of aromatic amines is 1. The van der Waals surface area contributed by atoms with E-state index in [0.717, 1.165) is 0 Å². The predicted molar refractivity (Wildman–Crippen MR) is 78.5 cm³/mol. The molecule has 1 aromatic heterocycles. The number of carbonyl (C=O) groups is 1. The quantitative estimate of drug-likeness (QED) is 0.814. The minimum Gasteiger partial charge on any atom is -0.351 e. The summed E-state index contributed by atoms with van der Waals surface area (Å²) in [4.78, 5) is 16.2. The van der Waals surface area contributed by atoms with Gasteiger partial charge in [-0.05, 0) is 6.07 Å². The number of nitrogens with zero attached hydrogens (tertiary/aromatic N) is 2. The van der Waals surface area contributed by atoms with Gasteiger partial charge in [-0.2, -0.15) is 5.10 Å². The number of aromatic nitrogens is 3. The summed E-state index contributed by atoms with van der Waals surface area (Å²) >= 11 is 0. The van der Waals surface area contributed by atoms with E-state index in [1.54, 1.807) is 31.2 Å². The van der Waals surface area contributed by atoms with Crippen LogP contribution in [0.15, 0.2) is 30.6 Å². The Kier molecular flexibility index (Phi) is 4.69. The molecule has 0 atom stereocenters. The molecule has 1 heterocycles. The molecule has 0 radical (unpaired) electrons. The van der Waals surface area contributed by atoms with Gasteiger partial charge in [0.15, 0.2) is 15.7 Å². The fourth-order valence-corrected chi connectivity index (χ4v) is 2.48. The highest BCUT2D eigenvalue weighted by Crippen LogP contribution is 2.19. The number of amides is 1. The molecule has 2 N–H and O–H groups in total. The fraction of sp³-hybridized carbons (Fsp3) is 0.308. The summed E-state index contributed by atoms with van der Waals surface area (Å²) in [7, 11) is -3.09. The van der Waals surface area contributed by atoms with Crippen molar-refractivity contribution in [2.24, 2.45) is 0 Å². The number of hydrogen-bond acceptors (Lipinski definition) is 5. The van der Waals surface area contributed by atoms with Crippen LogP contribution in [-0.4, -0.2) is 47.6 Å². The molecular formula is C13H16N4O3S. The van der Waals surface area contributed by atoms with Crippen LogP contribution in [0.25, 0.3) is 11.4 Å². The second kappa shape index (κ2) is 6.49. The topological polar surface area (TPSA) is 105 Å². The normalized spacial score (nSPS) is 11.3. The monoisotopic (exact) mass is 308 g/mol. The maximum absolute atomic E-state index is 12.2. The molecule has 8 heteroatoms. The Hall–Kier alpha value is -2.22. The molecule has 0 aliphatic heterocycles. The molecule has 2 aromatic rings. The smallest absolute Gasteiger partial charge is 0.252 e. The first-order valence-corrected chi connectivity index (χ1v) is 8.29. The molecule has 112 valence electrons. The number of benzene rings is 1. The molecule has 0 bridgehead atoms. The Bertz CT molecular complexity index is 711. The molecule has 2 rings (SSSR count). The van der Waals surface area contributed by atoms with Crippen LogP contribution in [-0.2, 0) is 9.84 Å². The average Bonchev–Trinajstić information content (AvgIpc) is 3.01. The number of H-pyrrole nitrogens is 1. The lowest BCUT2D eigenvalue weighted by Crippen LogP contribution is -2.30. The Balaban J connectivity index is 2.10. The lowest BCUT2D eigenvalue weighted by atomic mass is 10.1. The van der Waals surface area contributed by atoms with Crippen molar-refractivity contribution in [1.29, 1.82) is 0 Å². The first kappa shape index (κ1) is 15.2. The summed E-state index contributed by atoms with van der Waals surface area (Å²) in [5.74, 6) is 0.146. The van der Waals surface area contributed by atoms with E-state index in [1.807, 2.05) is 0 Å². The van der Waals surface area contributed by atoms with Gasteiger partial charge in [-0.15, -0.1) is 0 Å². The Morgan fingerprint density at radius 1 is 1.33 bits per heavy atom. The van der Waals surface area contributed by atoms with Crippen molar-refractivity contribution in [1.82, 2.24) is 20.5 Å². The molecule has 0 aliphatic rings. The third kappa shape index (κ3) is 3.88. The van der Waals surface area contributed by atoms with Crippen molar-refractivity contribution < 1.29 is 13.2 Å². The van der Waals surface area contributed by atoms with Gasteiger partial charge in [-0.3, -0.25) is 9.89 Å². The van der Waals surface area contributed by atoms with Gasteiger partial charge < -0.3 is 5.32 Å². The highest BCUT2D eigenvalue weighted by Gasteiger charge is 2.15. The van der Waals surface area contributed by atoms with Crippen LogP contribution < -0.4 is 5.32 Å². The van der Waals surface area contributed by atoms with E-state index in [0.29, 0.717) is 17.0 Å². The predicted octanol–water partition coefficient (Wildman–Crippen LogP) is 0.636. The van der Waals surface area contributed by atoms with Gasteiger partial charge in [0.25, 0.3) is 5.91 Å². The lowest BCUT2D eigenvalue weighted by molar-refractivity contribution is 0.0956. The van der Waals surface area contributed by atoms with Gasteiger partial charge in [0.1, 0.15) is 6.33 Å². The standard InChI is InChI=1S/C13H16N4O3S/c1-2-21(19,20)8-7-14-13(18)11-6-4-3-5-10(11)12-15-9-16-17-12/h3-6,9H,2,7-8H2,1H3,(H,14,18)(H,15,16,17). The molecule has 21 heavy (non-hydrogen) atoms. The van der Waals surface area contributed by atoms with Crippen molar-refractivity contribution in [3.63, 3.8) is 0 Å². The van der Waals surface area contributed by atoms with E-state index in [4.69, 9.17) is 0 Å². The van der Waals surface area contributed by atoms with Crippen molar-refractivity contribution >= 4 is 15.7 Å². The molecule has 0 fully saturated rings. The maximum atomic E-state index is 12.2. The number of rotatable bonds is 6. The molecule has 0 aliphatic carbocycles. The van der Waals surface area contributed by atoms with E-state index < -0.39 is 9.84 Å². The summed E-state index contributed by atoms with van der Waals surface area (Å²) in [6, 6.07) is 6.92. The van der Waals surface area contributed by atoms with E-state index in [-0.39, 0.29) is 24.0 Å². The minimum absolute atomic E-state index is 0.0670. The maximum Gasteiger partial charge on any atom is 0.252 e. The van der Waals surface area contributed by atoms with Crippen molar-refractivity contribution in [2.45, 2.75) is 6.92 Å². The molecular weight excluding hydrogens is 292 g/mol. The van der Waals surface area contributed by atoms with Gasteiger partial charge in [-0.25, -0.2) is 13.4 Å². The van der Waals surface area contributed by atoms with Crippen molar-refractivity contribution in [2.75, 3.05) is 18.1 Å². The molecule has 0 saturated heterocycles. The second-order valence-corrected chi connectivity index (χ2v) is 6.84. The number of sulfone groups is 1. The lowest BCUT2D eigenvalue weighted by Gasteiger charge is -2.08. The summed E-state index contributed by atoms with van der Waals surface area (Å²) in [5, 5.41) is 9.07. The molecule has 0 unspecified atom stereocenters. The first-order valence-electron chi connectivity index (χ1n) is 6.47. The third-order valence-corrected chi connectivity index (χ3v) is 4.69. The van der Waals surface area contributed by atoms with E-state index in [9.17, 15) is 13.2 Å². The van der Waals surface area contributed by atoms with Gasteiger partial charge in [0.2, 0.25) is 0 Å². The largest absolute Gasteiger partial charge is 0.351 e. The molecule has 7 nitrogen and oxygen atoms in total. The first-order chi connectivity index (χ1) is 10.0. The molecule has 0 saturated carbocycles. The van der Waals surface area contributed by atoms with Crippen LogP contribution in [0.5, 0.6) is 0 Å². The number of hydrogen-bond donors (Lipinski definition) is 2. The Labute approximate surface area is 122 Å². The number of carbonyl (C=O) groups excluding carboxylic acids is 1. The van der Waals surface area contributed by atoms with Crippen LogP contribution in [0.4, 0.5) is 0 Å². The summed E-state index contributed by atoms with van der Waals surface area (Å²) in [6.45, 7) is 1.66. The van der Waals surface area contributed by atoms with Crippen LogP contribution in [0.1, 0.15) is 17.3 Å². The molecule has 1 amide bonds. The number of nitrogens with one attached hydrogen (secondary N) is 2. The van der Waals surface area contributed by atoms with Crippen molar-refractivity contribution in [3.8, 4) is 11.4 Å². The van der Waals surface area contributed by atoms with Gasteiger partial charge >= 0.3 is 0 Å². The molecule has 1 aromatic carbocycles. The Morgan fingerprint density at radius 2 is 2.10 bits per heavy atom. The van der Waals surface area contributed by atoms with E-state index >= 15 is 0 Å². The fourth-order valence-electron chi connectivity index (χ4n) is 1.78. The van der Waals surface area contributed by atoms with Crippen LogP contribution in [0.2, 0.25) is 0 Å². The van der Waals surface area contributed by atoms with E-state index in [1.165, 1.54) is 6.33 Å². The van der Waals surface area contributed by atoms with Crippen LogP contribution >= 0.6 is 0 Å². The summed E-state index contributed by atoms with van der Waals surface area (Å²) in [5.41, 5.74) is 1.04. The zero-order valence-corrected chi connectivity index (χ0v) is 12.4. The van der Waals surface area contributed by atoms with Gasteiger partial charge in [-0.1, -0.05) is 25.1 Å². The Morgan fingerprint density at radius 3 is 2.76 bits per heavy atom. The van der Waals surface area contributed by atoms with E-state index in [2.05, 4.69) is 20.5 Å². The molecule has 0 spiro atoms. The zero-order chi connectivity index (χ0) is 15.3. The van der Waals surface area contributed by atoms with Gasteiger partial charge in [0.05, 0.1) is 11.3 Å². The highest BCUT2D eigenvalue weighted by molar-refractivity contribution is 7.91. The van der Waals surface area contributed by atoms with Crippen LogP contribution in [0.3, 0.4) is 0 Å². The second-order valence-electron chi connectivity index (χ2n) is 4.37. The minimum atomic E-state index is -3.09. The zero-order valence-electron chi connectivity index (χ0n) is 11.5. The van der Waals surface area contributed by atoms with Crippen molar-refractivity contribution in [3.05, 3.63) is 36.2 Å². The highest BCUT2D eigenvalue weighted by atomic mass is 32.2. The average molecular weight is 308 g/mol. The van der Waals surface area contributed by atoms with Crippen LogP contribution in [0, 0.1) is 0 Å². The summed E-state index contributed by atoms with van der Waals surface area (Å²) in [6.07, 6.45) is 1.36.